The number of carbonyl (C=O) groups excluding carboxylic acids is 1. The normalized spacial score (nSPS) is 11.9. The Balaban J connectivity index is 2.48. The maximum absolute atomic E-state index is 13.0. The van der Waals surface area contributed by atoms with E-state index in [9.17, 15) is 13.2 Å². The standard InChI is InChI=1S/C22H26O7S/c1-22(2,3)16-8-10-17(11-9-16)29-30(24,25)19-14-15(7-12-20(23)27-5)13-18(26-4)21(19)28-6/h7-14H,1-6H3/b12-7+. The zero-order chi connectivity index (χ0) is 22.5. The summed E-state index contributed by atoms with van der Waals surface area (Å²) in [6.45, 7) is 6.18. The van der Waals surface area contributed by atoms with Gasteiger partial charge in [-0.05, 0) is 46.9 Å². The van der Waals surface area contributed by atoms with Gasteiger partial charge in [0.05, 0.1) is 21.3 Å². The molecule has 30 heavy (non-hydrogen) atoms. The van der Waals surface area contributed by atoms with Gasteiger partial charge in [-0.3, -0.25) is 0 Å². The predicted molar refractivity (Wildman–Crippen MR) is 114 cm³/mol. The number of methoxy groups -OCH3 is 3. The second-order valence-electron chi connectivity index (χ2n) is 7.42. The second-order valence-corrected chi connectivity index (χ2v) is 8.94. The smallest absolute Gasteiger partial charge is 0.343 e. The molecule has 0 saturated carbocycles. The summed E-state index contributed by atoms with van der Waals surface area (Å²) in [5.41, 5.74) is 1.36. The molecule has 0 fully saturated rings. The van der Waals surface area contributed by atoms with E-state index in [4.69, 9.17) is 13.7 Å². The molecule has 0 unspecified atom stereocenters. The van der Waals surface area contributed by atoms with E-state index >= 15 is 0 Å². The van der Waals surface area contributed by atoms with Crippen molar-refractivity contribution in [2.24, 2.45) is 0 Å². The van der Waals surface area contributed by atoms with Crippen molar-refractivity contribution in [1.82, 2.24) is 0 Å². The first kappa shape index (κ1) is 23.3. The molecule has 2 aromatic carbocycles. The first-order valence-electron chi connectivity index (χ1n) is 9.09. The van der Waals surface area contributed by atoms with E-state index in [1.54, 1.807) is 12.1 Å². The number of ether oxygens (including phenoxy) is 3. The molecule has 0 heterocycles. The van der Waals surface area contributed by atoms with Gasteiger partial charge < -0.3 is 18.4 Å². The molecule has 0 radical (unpaired) electrons. The van der Waals surface area contributed by atoms with Crippen molar-refractivity contribution in [3.63, 3.8) is 0 Å². The number of hydrogen-bond acceptors (Lipinski definition) is 7. The van der Waals surface area contributed by atoms with Gasteiger partial charge in [0.1, 0.15) is 5.75 Å². The third-order valence-corrected chi connectivity index (χ3v) is 5.53. The van der Waals surface area contributed by atoms with Gasteiger partial charge in [0.15, 0.2) is 16.4 Å². The number of hydrogen-bond donors (Lipinski definition) is 0. The number of carbonyl (C=O) groups is 1. The molecule has 0 aliphatic carbocycles. The SMILES string of the molecule is COC(=O)/C=C/c1cc(OC)c(OC)c(S(=O)(=O)Oc2ccc(C(C)(C)C)cc2)c1. The van der Waals surface area contributed by atoms with Crippen LogP contribution in [0.1, 0.15) is 31.9 Å². The summed E-state index contributed by atoms with van der Waals surface area (Å²) in [6, 6.07) is 9.71. The molecule has 0 spiro atoms. The average Bonchev–Trinajstić information content (AvgIpc) is 2.70. The highest BCUT2D eigenvalue weighted by atomic mass is 32.2. The molecule has 2 rings (SSSR count). The van der Waals surface area contributed by atoms with Crippen LogP contribution in [0, 0.1) is 0 Å². The van der Waals surface area contributed by atoms with E-state index in [1.165, 1.54) is 45.6 Å². The van der Waals surface area contributed by atoms with Crippen molar-refractivity contribution in [3.8, 4) is 17.2 Å². The first-order chi connectivity index (χ1) is 14.0. The van der Waals surface area contributed by atoms with E-state index in [-0.39, 0.29) is 27.6 Å². The molecular weight excluding hydrogens is 408 g/mol. The second kappa shape index (κ2) is 9.21. The molecule has 7 nitrogen and oxygen atoms in total. The molecule has 0 atom stereocenters. The maximum Gasteiger partial charge on any atom is 0.343 e. The van der Waals surface area contributed by atoms with Gasteiger partial charge >= 0.3 is 16.1 Å². The molecule has 0 aliphatic heterocycles. The van der Waals surface area contributed by atoms with E-state index in [0.717, 1.165) is 5.56 Å². The van der Waals surface area contributed by atoms with E-state index in [2.05, 4.69) is 25.5 Å². The number of esters is 1. The molecule has 0 N–H and O–H groups in total. The molecule has 0 bridgehead atoms. The van der Waals surface area contributed by atoms with Crippen molar-refractivity contribution in [3.05, 3.63) is 53.6 Å². The summed E-state index contributed by atoms with van der Waals surface area (Å²) in [6.07, 6.45) is 2.58. The Morgan fingerprint density at radius 1 is 0.967 bits per heavy atom. The van der Waals surface area contributed by atoms with Crippen LogP contribution >= 0.6 is 0 Å². The van der Waals surface area contributed by atoms with Gasteiger partial charge in [-0.1, -0.05) is 32.9 Å². The van der Waals surface area contributed by atoms with Crippen LogP contribution < -0.4 is 13.7 Å². The lowest BCUT2D eigenvalue weighted by Gasteiger charge is -2.19. The predicted octanol–water partition coefficient (Wildman–Crippen LogP) is 3.96. The van der Waals surface area contributed by atoms with Crippen LogP contribution in [0.25, 0.3) is 6.08 Å². The van der Waals surface area contributed by atoms with Crippen LogP contribution in [0.15, 0.2) is 47.4 Å². The van der Waals surface area contributed by atoms with Gasteiger partial charge in [0, 0.05) is 6.08 Å². The summed E-state index contributed by atoms with van der Waals surface area (Å²) >= 11 is 0. The lowest BCUT2D eigenvalue weighted by molar-refractivity contribution is -0.134. The van der Waals surface area contributed by atoms with E-state index in [1.807, 2.05) is 12.1 Å². The van der Waals surface area contributed by atoms with Gasteiger partial charge in [0.2, 0.25) is 0 Å². The third kappa shape index (κ3) is 5.54. The first-order valence-corrected chi connectivity index (χ1v) is 10.5. The van der Waals surface area contributed by atoms with Crippen LogP contribution in [-0.4, -0.2) is 35.7 Å². The summed E-state index contributed by atoms with van der Waals surface area (Å²) < 4.78 is 46.4. The maximum atomic E-state index is 13.0. The molecule has 0 amide bonds. The van der Waals surface area contributed by atoms with Crippen molar-refractivity contribution in [2.45, 2.75) is 31.1 Å². The van der Waals surface area contributed by atoms with Crippen LogP contribution in [0.3, 0.4) is 0 Å². The highest BCUT2D eigenvalue weighted by Gasteiger charge is 2.26. The van der Waals surface area contributed by atoms with Crippen molar-refractivity contribution in [1.29, 1.82) is 0 Å². The van der Waals surface area contributed by atoms with Crippen molar-refractivity contribution < 1.29 is 31.6 Å². The Hall–Kier alpha value is -3.00. The summed E-state index contributed by atoms with van der Waals surface area (Å²) in [7, 11) is -0.297. The highest BCUT2D eigenvalue weighted by molar-refractivity contribution is 7.87. The Labute approximate surface area is 177 Å². The number of rotatable bonds is 7. The minimum atomic E-state index is -4.26. The Bertz CT molecular complexity index is 1030. The third-order valence-electron chi connectivity index (χ3n) is 4.28. The molecule has 2 aromatic rings. The summed E-state index contributed by atoms with van der Waals surface area (Å²) in [5.74, 6) is -0.238. The molecular formula is C22H26O7S. The molecule has 162 valence electrons. The fraction of sp³-hybridized carbons (Fsp3) is 0.318. The van der Waals surface area contributed by atoms with Gasteiger partial charge in [-0.25, -0.2) is 4.79 Å². The highest BCUT2D eigenvalue weighted by Crippen LogP contribution is 2.37. The Kier molecular flexibility index (Phi) is 7.15. The lowest BCUT2D eigenvalue weighted by Crippen LogP contribution is -2.13. The van der Waals surface area contributed by atoms with Crippen LogP contribution in [0.2, 0.25) is 0 Å². The molecule has 8 heteroatoms. The number of benzene rings is 2. The van der Waals surface area contributed by atoms with Crippen molar-refractivity contribution in [2.75, 3.05) is 21.3 Å². The summed E-state index contributed by atoms with van der Waals surface area (Å²) in [5, 5.41) is 0. The quantitative estimate of drug-likeness (QED) is 0.370. The average molecular weight is 435 g/mol. The van der Waals surface area contributed by atoms with Crippen LogP contribution in [-0.2, 0) is 25.1 Å². The van der Waals surface area contributed by atoms with Crippen LogP contribution in [0.5, 0.6) is 17.2 Å². The van der Waals surface area contributed by atoms with Gasteiger partial charge in [0.25, 0.3) is 0 Å². The van der Waals surface area contributed by atoms with E-state index < -0.39 is 16.1 Å². The molecule has 0 aliphatic rings. The summed E-state index contributed by atoms with van der Waals surface area (Å²) in [4.78, 5) is 11.1. The minimum Gasteiger partial charge on any atom is -0.493 e. The molecule has 0 saturated heterocycles. The Morgan fingerprint density at radius 2 is 1.60 bits per heavy atom. The largest absolute Gasteiger partial charge is 0.493 e. The zero-order valence-electron chi connectivity index (χ0n) is 17.9. The lowest BCUT2D eigenvalue weighted by atomic mass is 9.87. The fourth-order valence-corrected chi connectivity index (χ4v) is 3.79. The molecule has 0 aromatic heterocycles. The topological polar surface area (TPSA) is 88.1 Å². The minimum absolute atomic E-state index is 0.000898. The fourth-order valence-electron chi connectivity index (χ4n) is 2.65. The monoisotopic (exact) mass is 434 g/mol. The van der Waals surface area contributed by atoms with Gasteiger partial charge in [-0.15, -0.1) is 0 Å². The van der Waals surface area contributed by atoms with E-state index in [0.29, 0.717) is 5.56 Å². The van der Waals surface area contributed by atoms with Crippen molar-refractivity contribution >= 4 is 22.2 Å². The Morgan fingerprint density at radius 3 is 2.10 bits per heavy atom. The van der Waals surface area contributed by atoms with Crippen LogP contribution in [0.4, 0.5) is 0 Å². The van der Waals surface area contributed by atoms with Gasteiger partial charge in [-0.2, -0.15) is 8.42 Å². The zero-order valence-corrected chi connectivity index (χ0v) is 18.7.